The summed E-state index contributed by atoms with van der Waals surface area (Å²) in [7, 11) is 1.34. The third-order valence-corrected chi connectivity index (χ3v) is 3.14. The predicted molar refractivity (Wildman–Crippen MR) is 68.2 cm³/mol. The van der Waals surface area contributed by atoms with Crippen LogP contribution in [0.4, 0.5) is 10.6 Å². The SMILES string of the molecule is COC(=O)NC1CCN(c2nc(Cl)ncc2Cl)C1. The van der Waals surface area contributed by atoms with Gasteiger partial charge in [-0.2, -0.15) is 4.98 Å². The summed E-state index contributed by atoms with van der Waals surface area (Å²) >= 11 is 11.8. The van der Waals surface area contributed by atoms with Crippen molar-refractivity contribution in [2.24, 2.45) is 0 Å². The standard InChI is InChI=1S/C10H12Cl2N4O2/c1-18-10(17)14-6-2-3-16(5-6)8-7(11)4-13-9(12)15-8/h4,6H,2-3,5H2,1H3,(H,14,17). The normalized spacial score (nSPS) is 18.8. The largest absolute Gasteiger partial charge is 0.453 e. The number of methoxy groups -OCH3 is 1. The van der Waals surface area contributed by atoms with Crippen molar-refractivity contribution in [2.75, 3.05) is 25.1 Å². The molecule has 1 aliphatic rings. The number of halogens is 2. The molecular formula is C10H12Cl2N4O2. The Morgan fingerprint density at radius 3 is 3.11 bits per heavy atom. The fourth-order valence-electron chi connectivity index (χ4n) is 1.86. The van der Waals surface area contributed by atoms with Crippen molar-refractivity contribution in [3.05, 3.63) is 16.5 Å². The molecule has 0 bridgehead atoms. The number of nitrogens with one attached hydrogen (secondary N) is 1. The molecular weight excluding hydrogens is 279 g/mol. The monoisotopic (exact) mass is 290 g/mol. The van der Waals surface area contributed by atoms with Crippen molar-refractivity contribution in [3.63, 3.8) is 0 Å². The number of alkyl carbamates (subject to hydrolysis) is 1. The Morgan fingerprint density at radius 1 is 1.61 bits per heavy atom. The number of rotatable bonds is 2. The zero-order valence-corrected chi connectivity index (χ0v) is 11.2. The van der Waals surface area contributed by atoms with Crippen molar-refractivity contribution in [3.8, 4) is 0 Å². The minimum absolute atomic E-state index is 0.0160. The summed E-state index contributed by atoms with van der Waals surface area (Å²) in [5, 5.41) is 3.33. The highest BCUT2D eigenvalue weighted by Gasteiger charge is 2.26. The molecule has 1 fully saturated rings. The number of amides is 1. The van der Waals surface area contributed by atoms with E-state index in [-0.39, 0.29) is 11.3 Å². The van der Waals surface area contributed by atoms with Crippen LogP contribution in [-0.2, 0) is 4.74 Å². The zero-order chi connectivity index (χ0) is 13.1. The van der Waals surface area contributed by atoms with E-state index in [1.54, 1.807) is 0 Å². The van der Waals surface area contributed by atoms with E-state index >= 15 is 0 Å². The van der Waals surface area contributed by atoms with E-state index in [2.05, 4.69) is 20.0 Å². The van der Waals surface area contributed by atoms with Gasteiger partial charge in [0.1, 0.15) is 5.02 Å². The van der Waals surface area contributed by atoms with E-state index in [1.165, 1.54) is 13.3 Å². The van der Waals surface area contributed by atoms with Crippen LogP contribution in [0, 0.1) is 0 Å². The van der Waals surface area contributed by atoms with Gasteiger partial charge in [-0.05, 0) is 18.0 Å². The molecule has 1 unspecified atom stereocenters. The van der Waals surface area contributed by atoms with Gasteiger partial charge in [0.25, 0.3) is 0 Å². The highest BCUT2D eigenvalue weighted by atomic mass is 35.5. The van der Waals surface area contributed by atoms with Crippen molar-refractivity contribution in [1.29, 1.82) is 0 Å². The third-order valence-electron chi connectivity index (χ3n) is 2.69. The molecule has 1 N–H and O–H groups in total. The van der Waals surface area contributed by atoms with Gasteiger partial charge in [0.15, 0.2) is 5.82 Å². The van der Waals surface area contributed by atoms with Crippen molar-refractivity contribution in [1.82, 2.24) is 15.3 Å². The molecule has 8 heteroatoms. The van der Waals surface area contributed by atoms with Crippen LogP contribution in [0.5, 0.6) is 0 Å². The van der Waals surface area contributed by atoms with Gasteiger partial charge in [-0.3, -0.25) is 0 Å². The average Bonchev–Trinajstić information content (AvgIpc) is 2.80. The first kappa shape index (κ1) is 13.2. The maximum absolute atomic E-state index is 11.1. The Balaban J connectivity index is 2.04. The number of carbonyl (C=O) groups is 1. The van der Waals surface area contributed by atoms with E-state index < -0.39 is 6.09 Å². The van der Waals surface area contributed by atoms with Crippen LogP contribution < -0.4 is 10.2 Å². The van der Waals surface area contributed by atoms with Crippen LogP contribution in [0.3, 0.4) is 0 Å². The van der Waals surface area contributed by atoms with Gasteiger partial charge in [-0.15, -0.1) is 0 Å². The summed E-state index contributed by atoms with van der Waals surface area (Å²) in [6, 6.07) is 0.0160. The number of anilines is 1. The van der Waals surface area contributed by atoms with Crippen LogP contribution in [-0.4, -0.2) is 42.3 Å². The van der Waals surface area contributed by atoms with Crippen LogP contribution in [0.2, 0.25) is 10.3 Å². The molecule has 2 heterocycles. The minimum atomic E-state index is -0.436. The molecule has 0 aliphatic carbocycles. The van der Waals surface area contributed by atoms with Crippen molar-refractivity contribution >= 4 is 35.1 Å². The number of aromatic nitrogens is 2. The van der Waals surface area contributed by atoms with Gasteiger partial charge in [0.2, 0.25) is 5.28 Å². The molecule has 0 aromatic carbocycles. The van der Waals surface area contributed by atoms with Crippen LogP contribution in [0.1, 0.15) is 6.42 Å². The van der Waals surface area contributed by atoms with Gasteiger partial charge in [-0.1, -0.05) is 11.6 Å². The Bertz CT molecular complexity index is 458. The maximum Gasteiger partial charge on any atom is 0.407 e. The molecule has 1 aromatic heterocycles. The first-order valence-electron chi connectivity index (χ1n) is 5.37. The third kappa shape index (κ3) is 2.94. The lowest BCUT2D eigenvalue weighted by Gasteiger charge is -2.18. The van der Waals surface area contributed by atoms with E-state index in [1.807, 2.05) is 4.90 Å². The van der Waals surface area contributed by atoms with E-state index in [0.717, 1.165) is 13.0 Å². The van der Waals surface area contributed by atoms with E-state index in [9.17, 15) is 4.79 Å². The summed E-state index contributed by atoms with van der Waals surface area (Å²) in [5.74, 6) is 0.589. The smallest absolute Gasteiger partial charge is 0.407 e. The summed E-state index contributed by atoms with van der Waals surface area (Å²) in [4.78, 5) is 21.0. The lowest BCUT2D eigenvalue weighted by molar-refractivity contribution is 0.167. The van der Waals surface area contributed by atoms with Crippen LogP contribution in [0.25, 0.3) is 0 Å². The highest BCUT2D eigenvalue weighted by molar-refractivity contribution is 6.33. The lowest BCUT2D eigenvalue weighted by Crippen LogP contribution is -2.37. The number of nitrogens with zero attached hydrogens (tertiary/aromatic N) is 3. The molecule has 98 valence electrons. The predicted octanol–water partition coefficient (Wildman–Crippen LogP) is 1.72. The van der Waals surface area contributed by atoms with Gasteiger partial charge < -0.3 is 15.0 Å². The Labute approximate surface area is 114 Å². The fourth-order valence-corrected chi connectivity index (χ4v) is 2.19. The lowest BCUT2D eigenvalue weighted by atomic mass is 10.3. The van der Waals surface area contributed by atoms with Gasteiger partial charge in [0.05, 0.1) is 19.3 Å². The zero-order valence-electron chi connectivity index (χ0n) is 9.69. The summed E-state index contributed by atoms with van der Waals surface area (Å²) in [6.45, 7) is 1.35. The summed E-state index contributed by atoms with van der Waals surface area (Å²) in [6.07, 6.45) is 1.83. The first-order chi connectivity index (χ1) is 8.60. The Hall–Kier alpha value is -1.27. The molecule has 1 aliphatic heterocycles. The minimum Gasteiger partial charge on any atom is -0.453 e. The summed E-state index contributed by atoms with van der Waals surface area (Å²) in [5.41, 5.74) is 0. The van der Waals surface area contributed by atoms with Crippen molar-refractivity contribution < 1.29 is 9.53 Å². The van der Waals surface area contributed by atoms with Crippen LogP contribution in [0.15, 0.2) is 6.20 Å². The second-order valence-corrected chi connectivity index (χ2v) is 4.62. The topological polar surface area (TPSA) is 67.3 Å². The van der Waals surface area contributed by atoms with Gasteiger partial charge in [0, 0.05) is 13.1 Å². The molecule has 1 atom stereocenters. The Morgan fingerprint density at radius 2 is 2.39 bits per heavy atom. The molecule has 18 heavy (non-hydrogen) atoms. The quantitative estimate of drug-likeness (QED) is 0.840. The molecule has 1 aromatic rings. The fraction of sp³-hybridized carbons (Fsp3) is 0.500. The van der Waals surface area contributed by atoms with E-state index in [0.29, 0.717) is 17.4 Å². The molecule has 0 radical (unpaired) electrons. The van der Waals surface area contributed by atoms with E-state index in [4.69, 9.17) is 23.2 Å². The number of hydrogen-bond acceptors (Lipinski definition) is 5. The Kier molecular flexibility index (Phi) is 4.08. The van der Waals surface area contributed by atoms with Gasteiger partial charge in [-0.25, -0.2) is 9.78 Å². The van der Waals surface area contributed by atoms with Crippen LogP contribution >= 0.6 is 23.2 Å². The highest BCUT2D eigenvalue weighted by Crippen LogP contribution is 2.26. The number of ether oxygens (including phenoxy) is 1. The second-order valence-electron chi connectivity index (χ2n) is 3.88. The van der Waals surface area contributed by atoms with Gasteiger partial charge >= 0.3 is 6.09 Å². The molecule has 0 spiro atoms. The summed E-state index contributed by atoms with van der Waals surface area (Å²) < 4.78 is 4.55. The maximum atomic E-state index is 11.1. The second kappa shape index (κ2) is 5.58. The average molecular weight is 291 g/mol. The molecule has 1 amide bonds. The van der Waals surface area contributed by atoms with Crippen molar-refractivity contribution in [2.45, 2.75) is 12.5 Å². The molecule has 2 rings (SSSR count). The molecule has 6 nitrogen and oxygen atoms in total. The first-order valence-corrected chi connectivity index (χ1v) is 6.13. The molecule has 0 saturated carbocycles. The number of hydrogen-bond donors (Lipinski definition) is 1. The number of carbonyl (C=O) groups excluding carboxylic acids is 1. The molecule has 1 saturated heterocycles.